The molecular weight excluding hydrogens is 308 g/mol. The summed E-state index contributed by atoms with van der Waals surface area (Å²) in [5.74, 6) is -0.163. The number of carbonyl (C=O) groups excluding carboxylic acids is 1. The Labute approximate surface area is 140 Å². The maximum atomic E-state index is 12.0. The van der Waals surface area contributed by atoms with Gasteiger partial charge in [-0.15, -0.1) is 0 Å². The fraction of sp³-hybridized carbons (Fsp3) is 0.412. The van der Waals surface area contributed by atoms with Crippen molar-refractivity contribution in [3.8, 4) is 0 Å². The van der Waals surface area contributed by atoms with Crippen molar-refractivity contribution in [1.29, 1.82) is 0 Å². The first-order valence-electron chi connectivity index (χ1n) is 8.13. The second-order valence-electron chi connectivity index (χ2n) is 5.75. The minimum absolute atomic E-state index is 0.163. The standard InChI is InChI=1S/C17H24N4O3/c18-14(10-12-11-21-15-7-3-2-6-13(12)15)16(22)19-8-4-1-5-9-20-17(23)24/h2-3,6-7,11,14,20-21H,1,4-5,8-10,18H2,(H,19,22)(H,23,24)/t14-/m0/s1. The van der Waals surface area contributed by atoms with E-state index in [1.165, 1.54) is 0 Å². The van der Waals surface area contributed by atoms with Crippen molar-refractivity contribution in [2.75, 3.05) is 13.1 Å². The molecule has 2 rings (SSSR count). The lowest BCUT2D eigenvalue weighted by molar-refractivity contribution is -0.122. The Balaban J connectivity index is 1.68. The van der Waals surface area contributed by atoms with Crippen LogP contribution in [0.3, 0.4) is 0 Å². The predicted molar refractivity (Wildman–Crippen MR) is 92.9 cm³/mol. The van der Waals surface area contributed by atoms with E-state index < -0.39 is 12.1 Å². The van der Waals surface area contributed by atoms with Gasteiger partial charge in [-0.2, -0.15) is 0 Å². The molecule has 0 bridgehead atoms. The van der Waals surface area contributed by atoms with Crippen molar-refractivity contribution in [1.82, 2.24) is 15.6 Å². The van der Waals surface area contributed by atoms with E-state index >= 15 is 0 Å². The van der Waals surface area contributed by atoms with Gasteiger partial charge in [0.25, 0.3) is 0 Å². The molecule has 1 heterocycles. The minimum atomic E-state index is -1.01. The Kier molecular flexibility index (Phi) is 6.62. The number of benzene rings is 1. The highest BCUT2D eigenvalue weighted by Gasteiger charge is 2.15. The van der Waals surface area contributed by atoms with Crippen molar-refractivity contribution in [3.05, 3.63) is 36.0 Å². The number of unbranched alkanes of at least 4 members (excludes halogenated alkanes) is 2. The third-order valence-corrected chi connectivity index (χ3v) is 3.88. The van der Waals surface area contributed by atoms with Crippen molar-refractivity contribution in [2.45, 2.75) is 31.7 Å². The smallest absolute Gasteiger partial charge is 0.404 e. The summed E-state index contributed by atoms with van der Waals surface area (Å²) < 4.78 is 0. The summed E-state index contributed by atoms with van der Waals surface area (Å²) in [5, 5.41) is 14.7. The summed E-state index contributed by atoms with van der Waals surface area (Å²) >= 11 is 0. The number of aromatic nitrogens is 1. The SMILES string of the molecule is N[C@@H](Cc1c[nH]c2ccccc12)C(=O)NCCCCCNC(=O)O. The van der Waals surface area contributed by atoms with Gasteiger partial charge in [0.05, 0.1) is 6.04 Å². The van der Waals surface area contributed by atoms with Crippen LogP contribution in [-0.2, 0) is 11.2 Å². The molecule has 24 heavy (non-hydrogen) atoms. The first-order valence-corrected chi connectivity index (χ1v) is 8.13. The van der Waals surface area contributed by atoms with Gasteiger partial charge in [0.2, 0.25) is 5.91 Å². The zero-order valence-electron chi connectivity index (χ0n) is 13.5. The number of fused-ring (bicyclic) bond motifs is 1. The normalized spacial score (nSPS) is 12.0. The van der Waals surface area contributed by atoms with Gasteiger partial charge in [0, 0.05) is 30.2 Å². The van der Waals surface area contributed by atoms with Crippen LogP contribution in [0.25, 0.3) is 10.9 Å². The van der Waals surface area contributed by atoms with Gasteiger partial charge in [0.1, 0.15) is 0 Å². The van der Waals surface area contributed by atoms with Crippen molar-refractivity contribution in [3.63, 3.8) is 0 Å². The molecule has 7 heteroatoms. The molecule has 0 radical (unpaired) electrons. The first-order chi connectivity index (χ1) is 11.6. The molecule has 0 spiro atoms. The number of carbonyl (C=O) groups is 2. The van der Waals surface area contributed by atoms with E-state index in [2.05, 4.69) is 15.6 Å². The molecular formula is C17H24N4O3. The van der Waals surface area contributed by atoms with Gasteiger partial charge in [-0.05, 0) is 37.3 Å². The van der Waals surface area contributed by atoms with Gasteiger partial charge in [-0.3, -0.25) is 4.79 Å². The van der Waals surface area contributed by atoms with Crippen molar-refractivity contribution < 1.29 is 14.7 Å². The predicted octanol–water partition coefficient (Wildman–Crippen LogP) is 1.59. The van der Waals surface area contributed by atoms with Crippen LogP contribution in [0, 0.1) is 0 Å². The van der Waals surface area contributed by atoms with Crippen LogP contribution >= 0.6 is 0 Å². The average Bonchev–Trinajstić information content (AvgIpc) is 2.96. The monoisotopic (exact) mass is 332 g/mol. The average molecular weight is 332 g/mol. The summed E-state index contributed by atoms with van der Waals surface area (Å²) in [6.07, 6.45) is 3.77. The summed E-state index contributed by atoms with van der Waals surface area (Å²) in [4.78, 5) is 25.5. The molecule has 0 saturated heterocycles. The van der Waals surface area contributed by atoms with Gasteiger partial charge >= 0.3 is 6.09 Å². The lowest BCUT2D eigenvalue weighted by Crippen LogP contribution is -2.42. The summed E-state index contributed by atoms with van der Waals surface area (Å²) in [6, 6.07) is 7.34. The van der Waals surface area contributed by atoms with Crippen LogP contribution in [-0.4, -0.2) is 41.2 Å². The number of nitrogens with two attached hydrogens (primary N) is 1. The molecule has 0 saturated carbocycles. The quantitative estimate of drug-likeness (QED) is 0.448. The van der Waals surface area contributed by atoms with E-state index in [1.54, 1.807) is 0 Å². The number of nitrogens with one attached hydrogen (secondary N) is 3. The van der Waals surface area contributed by atoms with E-state index in [-0.39, 0.29) is 5.91 Å². The van der Waals surface area contributed by atoms with E-state index in [0.717, 1.165) is 35.7 Å². The van der Waals surface area contributed by atoms with Crippen molar-refractivity contribution in [2.24, 2.45) is 5.73 Å². The third-order valence-electron chi connectivity index (χ3n) is 3.88. The maximum absolute atomic E-state index is 12.0. The summed E-state index contributed by atoms with van der Waals surface area (Å²) in [6.45, 7) is 0.983. The Hall–Kier alpha value is -2.54. The molecule has 1 aromatic carbocycles. The highest BCUT2D eigenvalue weighted by Crippen LogP contribution is 2.18. The number of aromatic amines is 1. The second-order valence-corrected chi connectivity index (χ2v) is 5.75. The summed E-state index contributed by atoms with van der Waals surface area (Å²) in [5.41, 5.74) is 8.07. The molecule has 6 N–H and O–H groups in total. The summed E-state index contributed by atoms with van der Waals surface area (Å²) in [7, 11) is 0. The highest BCUT2D eigenvalue weighted by molar-refractivity contribution is 5.86. The van der Waals surface area contributed by atoms with Crippen LogP contribution < -0.4 is 16.4 Å². The van der Waals surface area contributed by atoms with Crippen LogP contribution in [0.1, 0.15) is 24.8 Å². The molecule has 0 aliphatic rings. The number of hydrogen-bond acceptors (Lipinski definition) is 3. The number of H-pyrrole nitrogens is 1. The lowest BCUT2D eigenvalue weighted by Gasteiger charge is -2.12. The zero-order valence-corrected chi connectivity index (χ0v) is 13.5. The molecule has 0 unspecified atom stereocenters. The van der Waals surface area contributed by atoms with E-state index in [4.69, 9.17) is 10.8 Å². The number of hydrogen-bond donors (Lipinski definition) is 5. The molecule has 0 fully saturated rings. The molecule has 0 aliphatic heterocycles. The third kappa shape index (κ3) is 5.27. The first kappa shape index (κ1) is 17.8. The second kappa shape index (κ2) is 8.93. The fourth-order valence-electron chi connectivity index (χ4n) is 2.59. The number of carboxylic acid groups (broad SMARTS) is 1. The van der Waals surface area contributed by atoms with Crippen LogP contribution in [0.2, 0.25) is 0 Å². The number of rotatable bonds is 9. The van der Waals surface area contributed by atoms with Crippen molar-refractivity contribution >= 4 is 22.9 Å². The molecule has 1 aromatic heterocycles. The number of para-hydroxylation sites is 1. The maximum Gasteiger partial charge on any atom is 0.404 e. The molecule has 7 nitrogen and oxygen atoms in total. The number of amides is 2. The van der Waals surface area contributed by atoms with Crippen LogP contribution in [0.5, 0.6) is 0 Å². The molecule has 130 valence electrons. The van der Waals surface area contributed by atoms with Gasteiger partial charge in [-0.25, -0.2) is 4.79 Å². The highest BCUT2D eigenvalue weighted by atomic mass is 16.4. The van der Waals surface area contributed by atoms with Crippen LogP contribution in [0.15, 0.2) is 30.5 Å². The van der Waals surface area contributed by atoms with E-state index in [0.29, 0.717) is 19.5 Å². The Morgan fingerprint density at radius 1 is 1.12 bits per heavy atom. The van der Waals surface area contributed by atoms with E-state index in [9.17, 15) is 9.59 Å². The Morgan fingerprint density at radius 2 is 1.83 bits per heavy atom. The Bertz CT molecular complexity index is 683. The van der Waals surface area contributed by atoms with Crippen LogP contribution in [0.4, 0.5) is 4.79 Å². The zero-order chi connectivity index (χ0) is 17.4. The van der Waals surface area contributed by atoms with Gasteiger partial charge in [0.15, 0.2) is 0 Å². The fourth-order valence-corrected chi connectivity index (χ4v) is 2.59. The van der Waals surface area contributed by atoms with E-state index in [1.807, 2.05) is 30.5 Å². The molecule has 0 aliphatic carbocycles. The largest absolute Gasteiger partial charge is 0.465 e. The molecule has 2 amide bonds. The van der Waals surface area contributed by atoms with Gasteiger partial charge in [-0.1, -0.05) is 18.2 Å². The van der Waals surface area contributed by atoms with Gasteiger partial charge < -0.3 is 26.5 Å². The molecule has 2 aromatic rings. The lowest BCUT2D eigenvalue weighted by atomic mass is 10.1. The Morgan fingerprint density at radius 3 is 2.58 bits per heavy atom. The topological polar surface area (TPSA) is 120 Å². The molecule has 1 atom stereocenters. The minimum Gasteiger partial charge on any atom is -0.465 e.